The van der Waals surface area contributed by atoms with Crippen molar-refractivity contribution in [3.8, 4) is 0 Å². The Morgan fingerprint density at radius 3 is 1.57 bits per heavy atom. The van der Waals surface area contributed by atoms with Crippen molar-refractivity contribution in [1.29, 1.82) is 0 Å². The molecule has 0 aromatic carbocycles. The standard InChI is InChI=1S/C15H28O2.4BrH/c1-3-5-6-7-8-9-10-11-12-13-14-17-15(16)4-2;;;;/h4H,2-3,5-14H2,1H3;4*1H. The number of rotatable bonds is 12. The van der Waals surface area contributed by atoms with Crippen LogP contribution in [0.1, 0.15) is 71.1 Å². The van der Waals surface area contributed by atoms with Crippen LogP contribution in [0.25, 0.3) is 0 Å². The average Bonchev–Trinajstić information content (AvgIpc) is 2.35. The topological polar surface area (TPSA) is 26.3 Å². The first kappa shape index (κ1) is 33.7. The van der Waals surface area contributed by atoms with Gasteiger partial charge < -0.3 is 4.74 Å². The van der Waals surface area contributed by atoms with E-state index in [0.717, 1.165) is 6.42 Å². The van der Waals surface area contributed by atoms with E-state index in [9.17, 15) is 4.79 Å². The minimum Gasteiger partial charge on any atom is -0.463 e. The Hall–Kier alpha value is 1.13. The minimum atomic E-state index is -0.305. The Kier molecular flexibility index (Phi) is 46.8. The zero-order valence-electron chi connectivity index (χ0n) is 13.0. The highest BCUT2D eigenvalue weighted by Gasteiger charge is 1.95. The van der Waals surface area contributed by atoms with Crippen LogP contribution in [0.3, 0.4) is 0 Å². The summed E-state index contributed by atoms with van der Waals surface area (Å²) in [5.74, 6) is -0.305. The molecule has 0 heterocycles. The summed E-state index contributed by atoms with van der Waals surface area (Å²) in [7, 11) is 0. The van der Waals surface area contributed by atoms with Gasteiger partial charge in [-0.15, -0.1) is 67.9 Å². The molecule has 0 aliphatic carbocycles. The van der Waals surface area contributed by atoms with E-state index in [1.54, 1.807) is 0 Å². The second kappa shape index (κ2) is 29.2. The number of hydrogen-bond acceptors (Lipinski definition) is 2. The highest BCUT2D eigenvalue weighted by atomic mass is 79.9. The van der Waals surface area contributed by atoms with Crippen molar-refractivity contribution in [2.45, 2.75) is 71.1 Å². The molecule has 0 unspecified atom stereocenters. The number of ether oxygens (including phenoxy) is 1. The monoisotopic (exact) mass is 560 g/mol. The molecule has 0 spiro atoms. The summed E-state index contributed by atoms with van der Waals surface area (Å²) in [6.45, 7) is 6.15. The molecule has 0 N–H and O–H groups in total. The highest BCUT2D eigenvalue weighted by molar-refractivity contribution is 8.93. The van der Waals surface area contributed by atoms with Gasteiger partial charge in [0.25, 0.3) is 0 Å². The fourth-order valence-corrected chi connectivity index (χ4v) is 1.82. The molecule has 0 aromatic rings. The maximum atomic E-state index is 10.7. The fraction of sp³-hybridized carbons (Fsp3) is 0.800. The third-order valence-corrected chi connectivity index (χ3v) is 2.91. The van der Waals surface area contributed by atoms with Gasteiger partial charge in [-0.2, -0.15) is 0 Å². The van der Waals surface area contributed by atoms with Crippen LogP contribution < -0.4 is 0 Å². The molecule has 132 valence electrons. The molecular formula is C15H32Br4O2. The van der Waals surface area contributed by atoms with E-state index in [2.05, 4.69) is 13.5 Å². The quantitative estimate of drug-likeness (QED) is 0.146. The summed E-state index contributed by atoms with van der Waals surface area (Å²) < 4.78 is 4.91. The number of hydrogen-bond donors (Lipinski definition) is 0. The lowest BCUT2D eigenvalue weighted by molar-refractivity contribution is -0.137. The first-order valence-electron chi connectivity index (χ1n) is 7.10. The number of carbonyl (C=O) groups excluding carboxylic acids is 1. The van der Waals surface area contributed by atoms with Crippen LogP contribution >= 0.6 is 67.9 Å². The van der Waals surface area contributed by atoms with E-state index in [1.165, 1.54) is 63.9 Å². The predicted octanol–water partition coefficient (Wildman–Crippen LogP) is 6.95. The van der Waals surface area contributed by atoms with Gasteiger partial charge in [0, 0.05) is 6.08 Å². The van der Waals surface area contributed by atoms with Gasteiger partial charge in [0.15, 0.2) is 0 Å². The third kappa shape index (κ3) is 29.7. The summed E-state index contributed by atoms with van der Waals surface area (Å²) in [5.41, 5.74) is 0. The fourth-order valence-electron chi connectivity index (χ4n) is 1.82. The lowest BCUT2D eigenvalue weighted by Gasteiger charge is -2.03. The van der Waals surface area contributed by atoms with Gasteiger partial charge in [0.2, 0.25) is 0 Å². The summed E-state index contributed by atoms with van der Waals surface area (Å²) in [6.07, 6.45) is 14.2. The largest absolute Gasteiger partial charge is 0.463 e. The van der Waals surface area contributed by atoms with Crippen LogP contribution in [0.4, 0.5) is 0 Å². The van der Waals surface area contributed by atoms with E-state index in [4.69, 9.17) is 4.74 Å². The Labute approximate surface area is 172 Å². The van der Waals surface area contributed by atoms with Gasteiger partial charge in [-0.25, -0.2) is 4.79 Å². The lowest BCUT2D eigenvalue weighted by Crippen LogP contribution is -2.01. The molecule has 0 aliphatic rings. The Balaban J connectivity index is -0.000000213. The van der Waals surface area contributed by atoms with Gasteiger partial charge >= 0.3 is 5.97 Å². The molecule has 0 atom stereocenters. The zero-order valence-corrected chi connectivity index (χ0v) is 19.9. The second-order valence-corrected chi connectivity index (χ2v) is 4.55. The van der Waals surface area contributed by atoms with Crippen molar-refractivity contribution in [3.05, 3.63) is 12.7 Å². The normalized spacial score (nSPS) is 8.24. The SMILES string of the molecule is Br.Br.Br.Br.C=CC(=O)OCCCCCCCCCCCC. The molecule has 0 aliphatic heterocycles. The molecular weight excluding hydrogens is 532 g/mol. The molecule has 0 radical (unpaired) electrons. The van der Waals surface area contributed by atoms with E-state index >= 15 is 0 Å². The molecule has 0 rings (SSSR count). The molecule has 0 saturated carbocycles. The van der Waals surface area contributed by atoms with E-state index in [-0.39, 0.29) is 73.9 Å². The minimum absolute atomic E-state index is 0. The van der Waals surface area contributed by atoms with E-state index in [0.29, 0.717) is 6.61 Å². The first-order chi connectivity index (χ1) is 8.31. The summed E-state index contributed by atoms with van der Waals surface area (Å²) in [5, 5.41) is 0. The molecule has 0 amide bonds. The molecule has 21 heavy (non-hydrogen) atoms. The number of unbranched alkanes of at least 4 members (excludes halogenated alkanes) is 9. The van der Waals surface area contributed by atoms with E-state index in [1.807, 2.05) is 0 Å². The molecule has 6 heteroatoms. The Bertz CT molecular complexity index is 202. The summed E-state index contributed by atoms with van der Waals surface area (Å²) in [6, 6.07) is 0. The summed E-state index contributed by atoms with van der Waals surface area (Å²) in [4.78, 5) is 10.7. The van der Waals surface area contributed by atoms with Crippen molar-refractivity contribution < 1.29 is 9.53 Å². The maximum absolute atomic E-state index is 10.7. The smallest absolute Gasteiger partial charge is 0.330 e. The van der Waals surface area contributed by atoms with Crippen molar-refractivity contribution in [1.82, 2.24) is 0 Å². The lowest BCUT2D eigenvalue weighted by atomic mass is 10.1. The second-order valence-electron chi connectivity index (χ2n) is 4.55. The van der Waals surface area contributed by atoms with Gasteiger partial charge in [0.05, 0.1) is 6.61 Å². The van der Waals surface area contributed by atoms with Crippen LogP contribution in [0.15, 0.2) is 12.7 Å². The molecule has 0 saturated heterocycles. The van der Waals surface area contributed by atoms with Crippen LogP contribution in [0.2, 0.25) is 0 Å². The Morgan fingerprint density at radius 2 is 1.19 bits per heavy atom. The number of halogens is 4. The van der Waals surface area contributed by atoms with Gasteiger partial charge in [-0.05, 0) is 6.42 Å². The van der Waals surface area contributed by atoms with E-state index < -0.39 is 0 Å². The van der Waals surface area contributed by atoms with Crippen LogP contribution in [-0.4, -0.2) is 12.6 Å². The van der Waals surface area contributed by atoms with Crippen LogP contribution in [0, 0.1) is 0 Å². The number of carbonyl (C=O) groups is 1. The molecule has 0 fully saturated rings. The maximum Gasteiger partial charge on any atom is 0.330 e. The van der Waals surface area contributed by atoms with Crippen molar-refractivity contribution in [2.24, 2.45) is 0 Å². The van der Waals surface area contributed by atoms with Gasteiger partial charge in [-0.3, -0.25) is 0 Å². The molecule has 0 aromatic heterocycles. The third-order valence-electron chi connectivity index (χ3n) is 2.91. The predicted molar refractivity (Wildman–Crippen MR) is 114 cm³/mol. The van der Waals surface area contributed by atoms with Gasteiger partial charge in [-0.1, -0.05) is 71.3 Å². The van der Waals surface area contributed by atoms with Crippen molar-refractivity contribution in [2.75, 3.05) is 6.61 Å². The van der Waals surface area contributed by atoms with Crippen molar-refractivity contribution >= 4 is 73.9 Å². The van der Waals surface area contributed by atoms with Crippen LogP contribution in [-0.2, 0) is 9.53 Å². The Morgan fingerprint density at radius 1 is 0.810 bits per heavy atom. The van der Waals surface area contributed by atoms with Crippen LogP contribution in [0.5, 0.6) is 0 Å². The van der Waals surface area contributed by atoms with Gasteiger partial charge in [0.1, 0.15) is 0 Å². The number of esters is 1. The zero-order chi connectivity index (χ0) is 12.8. The first-order valence-corrected chi connectivity index (χ1v) is 7.10. The molecule has 2 nitrogen and oxygen atoms in total. The average molecular weight is 564 g/mol. The summed E-state index contributed by atoms with van der Waals surface area (Å²) >= 11 is 0. The van der Waals surface area contributed by atoms with Crippen molar-refractivity contribution in [3.63, 3.8) is 0 Å². The molecule has 0 bridgehead atoms. The highest BCUT2D eigenvalue weighted by Crippen LogP contribution is 2.10.